The smallest absolute Gasteiger partial charge is 0.0537 e. The Kier molecular flexibility index (Phi) is 3.18. The summed E-state index contributed by atoms with van der Waals surface area (Å²) in [6, 6.07) is 1.04. The van der Waals surface area contributed by atoms with Crippen LogP contribution in [0.25, 0.3) is 0 Å². The van der Waals surface area contributed by atoms with Gasteiger partial charge in [0.25, 0.3) is 0 Å². The Morgan fingerprint density at radius 1 is 1.33 bits per heavy atom. The molecule has 2 saturated carbocycles. The first-order valence-corrected chi connectivity index (χ1v) is 7.38. The number of aromatic nitrogens is 2. The third kappa shape index (κ3) is 2.20. The van der Waals surface area contributed by atoms with Crippen molar-refractivity contribution >= 4 is 0 Å². The molecule has 2 bridgehead atoms. The molecule has 0 aliphatic heterocycles. The summed E-state index contributed by atoms with van der Waals surface area (Å²) in [5.74, 6) is 2.94. The van der Waals surface area contributed by atoms with Crippen molar-refractivity contribution in [2.45, 2.75) is 51.6 Å². The molecule has 0 saturated heterocycles. The summed E-state index contributed by atoms with van der Waals surface area (Å²) >= 11 is 0. The van der Waals surface area contributed by atoms with Crippen LogP contribution in [-0.2, 0) is 7.05 Å². The zero-order chi connectivity index (χ0) is 12.7. The highest BCUT2D eigenvalue weighted by atomic mass is 15.2. The summed E-state index contributed by atoms with van der Waals surface area (Å²) in [6.07, 6.45) is 10.0. The predicted molar refractivity (Wildman–Crippen MR) is 73.2 cm³/mol. The summed E-state index contributed by atoms with van der Waals surface area (Å²) in [4.78, 5) is 0. The molecule has 3 heteroatoms. The average Bonchev–Trinajstić information content (AvgIpc) is 3.03. The van der Waals surface area contributed by atoms with Crippen molar-refractivity contribution in [3.05, 3.63) is 18.0 Å². The van der Waals surface area contributed by atoms with Gasteiger partial charge in [-0.05, 0) is 50.9 Å². The fourth-order valence-corrected chi connectivity index (χ4v) is 4.18. The Morgan fingerprint density at radius 3 is 2.72 bits per heavy atom. The van der Waals surface area contributed by atoms with Crippen molar-refractivity contribution in [1.29, 1.82) is 0 Å². The maximum Gasteiger partial charge on any atom is 0.0537 e. The summed E-state index contributed by atoms with van der Waals surface area (Å²) in [5.41, 5.74) is 1.30. The van der Waals surface area contributed by atoms with E-state index in [0.29, 0.717) is 12.1 Å². The van der Waals surface area contributed by atoms with Crippen LogP contribution in [0.1, 0.15) is 51.1 Å². The molecule has 0 radical (unpaired) electrons. The van der Waals surface area contributed by atoms with Gasteiger partial charge >= 0.3 is 0 Å². The van der Waals surface area contributed by atoms with Gasteiger partial charge in [-0.15, -0.1) is 0 Å². The molecule has 100 valence electrons. The molecule has 1 aromatic rings. The first-order chi connectivity index (χ1) is 8.63. The first-order valence-electron chi connectivity index (χ1n) is 7.38. The number of hydrogen-bond acceptors (Lipinski definition) is 2. The van der Waals surface area contributed by atoms with Crippen LogP contribution in [0.4, 0.5) is 0 Å². The standard InChI is InChI=1S/C15H25N3/c1-10(14-8-16-18(3)9-14)17-11(2)15-7-12-4-5-13(15)6-12/h8-13,15,17H,4-7H2,1-3H3. The largest absolute Gasteiger partial charge is 0.307 e. The van der Waals surface area contributed by atoms with Crippen molar-refractivity contribution in [3.8, 4) is 0 Å². The van der Waals surface area contributed by atoms with E-state index in [4.69, 9.17) is 0 Å². The Hall–Kier alpha value is -0.830. The lowest BCUT2D eigenvalue weighted by Gasteiger charge is -2.30. The predicted octanol–water partition coefficient (Wildman–Crippen LogP) is 2.90. The zero-order valence-corrected chi connectivity index (χ0v) is 11.8. The van der Waals surface area contributed by atoms with E-state index in [-0.39, 0.29) is 0 Å². The van der Waals surface area contributed by atoms with Gasteiger partial charge in [0.2, 0.25) is 0 Å². The molecule has 3 rings (SSSR count). The monoisotopic (exact) mass is 247 g/mol. The van der Waals surface area contributed by atoms with E-state index in [0.717, 1.165) is 17.8 Å². The molecule has 5 unspecified atom stereocenters. The maximum absolute atomic E-state index is 4.26. The molecule has 1 aromatic heterocycles. The topological polar surface area (TPSA) is 29.9 Å². The first kappa shape index (κ1) is 12.2. The molecule has 0 amide bonds. The average molecular weight is 247 g/mol. The minimum atomic E-state index is 0.410. The van der Waals surface area contributed by atoms with E-state index >= 15 is 0 Å². The highest BCUT2D eigenvalue weighted by Gasteiger charge is 2.41. The lowest BCUT2D eigenvalue weighted by atomic mass is 9.83. The normalized spacial score (nSPS) is 33.8. The Labute approximate surface area is 110 Å². The van der Waals surface area contributed by atoms with E-state index < -0.39 is 0 Å². The van der Waals surface area contributed by atoms with Gasteiger partial charge in [0.05, 0.1) is 6.20 Å². The second kappa shape index (κ2) is 4.69. The Morgan fingerprint density at radius 2 is 2.17 bits per heavy atom. The quantitative estimate of drug-likeness (QED) is 0.886. The maximum atomic E-state index is 4.26. The molecular formula is C15H25N3. The molecule has 5 atom stereocenters. The summed E-state index contributed by atoms with van der Waals surface area (Å²) in [5, 5.41) is 8.04. The van der Waals surface area contributed by atoms with Crippen molar-refractivity contribution in [2.24, 2.45) is 24.8 Å². The lowest BCUT2D eigenvalue weighted by molar-refractivity contribution is 0.248. The van der Waals surface area contributed by atoms with Gasteiger partial charge in [0.15, 0.2) is 0 Å². The molecule has 2 fully saturated rings. The van der Waals surface area contributed by atoms with Gasteiger partial charge in [-0.25, -0.2) is 0 Å². The number of hydrogen-bond donors (Lipinski definition) is 1. The van der Waals surface area contributed by atoms with E-state index in [2.05, 4.69) is 30.5 Å². The van der Waals surface area contributed by atoms with Crippen molar-refractivity contribution < 1.29 is 0 Å². The van der Waals surface area contributed by atoms with Crippen LogP contribution in [0.15, 0.2) is 12.4 Å². The number of rotatable bonds is 4. The van der Waals surface area contributed by atoms with Crippen molar-refractivity contribution in [3.63, 3.8) is 0 Å². The molecule has 1 N–H and O–H groups in total. The zero-order valence-electron chi connectivity index (χ0n) is 11.8. The number of nitrogens with one attached hydrogen (secondary N) is 1. The molecule has 0 aromatic carbocycles. The molecule has 18 heavy (non-hydrogen) atoms. The van der Waals surface area contributed by atoms with Crippen LogP contribution in [0.3, 0.4) is 0 Å². The number of fused-ring (bicyclic) bond motifs is 2. The van der Waals surface area contributed by atoms with Gasteiger partial charge in [-0.1, -0.05) is 6.42 Å². The third-order valence-electron chi connectivity index (χ3n) is 5.17. The Bertz CT molecular complexity index is 412. The van der Waals surface area contributed by atoms with Crippen molar-refractivity contribution in [1.82, 2.24) is 15.1 Å². The minimum absolute atomic E-state index is 0.410. The summed E-state index contributed by atoms with van der Waals surface area (Å²) in [6.45, 7) is 4.62. The van der Waals surface area contributed by atoms with Gasteiger partial charge in [-0.2, -0.15) is 5.10 Å². The molecule has 3 nitrogen and oxygen atoms in total. The Balaban J connectivity index is 1.59. The van der Waals surface area contributed by atoms with Gasteiger partial charge < -0.3 is 5.32 Å². The highest BCUT2D eigenvalue weighted by Crippen LogP contribution is 2.49. The fraction of sp³-hybridized carbons (Fsp3) is 0.800. The minimum Gasteiger partial charge on any atom is -0.307 e. The van der Waals surface area contributed by atoms with Crippen LogP contribution in [0.5, 0.6) is 0 Å². The second-order valence-corrected chi connectivity index (χ2v) is 6.46. The lowest BCUT2D eigenvalue weighted by Crippen LogP contribution is -2.37. The number of nitrogens with zero attached hydrogens (tertiary/aromatic N) is 2. The van der Waals surface area contributed by atoms with Crippen LogP contribution in [0, 0.1) is 17.8 Å². The van der Waals surface area contributed by atoms with Crippen LogP contribution < -0.4 is 5.32 Å². The molecule has 1 heterocycles. The van der Waals surface area contributed by atoms with E-state index in [1.807, 2.05) is 17.9 Å². The van der Waals surface area contributed by atoms with E-state index in [9.17, 15) is 0 Å². The highest BCUT2D eigenvalue weighted by molar-refractivity contribution is 5.09. The van der Waals surface area contributed by atoms with Gasteiger partial charge in [0.1, 0.15) is 0 Å². The second-order valence-electron chi connectivity index (χ2n) is 6.46. The van der Waals surface area contributed by atoms with Gasteiger partial charge in [-0.3, -0.25) is 4.68 Å². The van der Waals surface area contributed by atoms with E-state index in [1.165, 1.54) is 31.2 Å². The third-order valence-corrected chi connectivity index (χ3v) is 5.17. The molecule has 0 spiro atoms. The van der Waals surface area contributed by atoms with E-state index in [1.54, 1.807) is 0 Å². The molecule has 2 aliphatic rings. The van der Waals surface area contributed by atoms with Gasteiger partial charge in [0, 0.05) is 30.9 Å². The fourth-order valence-electron chi connectivity index (χ4n) is 4.18. The molecular weight excluding hydrogens is 222 g/mol. The SMILES string of the molecule is CC(NC(C)C1CC2CCC1C2)c1cnn(C)c1. The van der Waals surface area contributed by atoms with Crippen LogP contribution in [0.2, 0.25) is 0 Å². The molecule has 2 aliphatic carbocycles. The summed E-state index contributed by atoms with van der Waals surface area (Å²) < 4.78 is 1.88. The van der Waals surface area contributed by atoms with Crippen LogP contribution >= 0.6 is 0 Å². The van der Waals surface area contributed by atoms with Crippen LogP contribution in [-0.4, -0.2) is 15.8 Å². The summed E-state index contributed by atoms with van der Waals surface area (Å²) in [7, 11) is 1.98. The number of aryl methyl sites for hydroxylation is 1. The van der Waals surface area contributed by atoms with Crippen molar-refractivity contribution in [2.75, 3.05) is 0 Å².